The van der Waals surface area contributed by atoms with Gasteiger partial charge < -0.3 is 5.32 Å². The number of benzene rings is 2. The van der Waals surface area contributed by atoms with Crippen LogP contribution in [-0.2, 0) is 4.79 Å². The molecule has 5 nitrogen and oxygen atoms in total. The predicted octanol–water partition coefficient (Wildman–Crippen LogP) is 3.70. The van der Waals surface area contributed by atoms with Gasteiger partial charge >= 0.3 is 0 Å². The maximum Gasteiger partial charge on any atom is 0.266 e. The minimum absolute atomic E-state index is 0.136. The normalized spacial score (nSPS) is 13.4. The Hall–Kier alpha value is -2.95. The van der Waals surface area contributed by atoms with Gasteiger partial charge in [0.1, 0.15) is 0 Å². The molecule has 0 unspecified atom stereocenters. The molecule has 1 aliphatic rings. The van der Waals surface area contributed by atoms with Gasteiger partial charge in [0.25, 0.3) is 11.8 Å². The van der Waals surface area contributed by atoms with Gasteiger partial charge in [0.05, 0.1) is 16.8 Å². The Morgan fingerprint density at radius 2 is 1.68 bits per heavy atom. The van der Waals surface area contributed by atoms with E-state index in [2.05, 4.69) is 5.32 Å². The summed E-state index contributed by atoms with van der Waals surface area (Å²) in [6, 6.07) is 10.4. The van der Waals surface area contributed by atoms with Crippen LogP contribution < -0.4 is 10.2 Å². The zero-order valence-electron chi connectivity index (χ0n) is 14.7. The lowest BCUT2D eigenvalue weighted by Crippen LogP contribution is -2.30. The first-order chi connectivity index (χ1) is 11.8. The molecule has 0 saturated carbocycles. The maximum atomic E-state index is 12.8. The van der Waals surface area contributed by atoms with Crippen LogP contribution in [0.2, 0.25) is 0 Å². The highest BCUT2D eigenvalue weighted by atomic mass is 16.2. The quantitative estimate of drug-likeness (QED) is 0.869. The first-order valence-corrected chi connectivity index (χ1v) is 8.21. The van der Waals surface area contributed by atoms with Gasteiger partial charge in [-0.15, -0.1) is 0 Å². The molecular formula is C20H20N2O3. The van der Waals surface area contributed by atoms with Crippen LogP contribution in [0.3, 0.4) is 0 Å². The van der Waals surface area contributed by atoms with E-state index in [4.69, 9.17) is 0 Å². The van der Waals surface area contributed by atoms with Crippen molar-refractivity contribution in [3.8, 4) is 0 Å². The third-order valence-electron chi connectivity index (χ3n) is 4.50. The third-order valence-corrected chi connectivity index (χ3v) is 4.50. The topological polar surface area (TPSA) is 66.5 Å². The standard InChI is InChI=1S/C20H20N2O3/c1-11(2)18(23)21-14-8-9-15-16(10-14)20(25)22(19(15)24)17-7-5-6-12(3)13(17)4/h5-11H,1-4H3,(H,21,23). The molecule has 3 amide bonds. The van der Waals surface area contributed by atoms with E-state index in [9.17, 15) is 14.4 Å². The number of anilines is 2. The van der Waals surface area contributed by atoms with Crippen LogP contribution in [-0.4, -0.2) is 17.7 Å². The van der Waals surface area contributed by atoms with Crippen molar-refractivity contribution in [2.75, 3.05) is 10.2 Å². The van der Waals surface area contributed by atoms with E-state index in [1.807, 2.05) is 26.0 Å². The number of imide groups is 1. The lowest BCUT2D eigenvalue weighted by molar-refractivity contribution is -0.118. The molecular weight excluding hydrogens is 316 g/mol. The second kappa shape index (κ2) is 6.16. The van der Waals surface area contributed by atoms with Crippen molar-refractivity contribution < 1.29 is 14.4 Å². The third kappa shape index (κ3) is 2.82. The van der Waals surface area contributed by atoms with Gasteiger partial charge in [-0.1, -0.05) is 26.0 Å². The molecule has 128 valence electrons. The average molecular weight is 336 g/mol. The monoisotopic (exact) mass is 336 g/mol. The summed E-state index contributed by atoms with van der Waals surface area (Å²) in [6.45, 7) is 7.41. The van der Waals surface area contributed by atoms with E-state index in [0.717, 1.165) is 11.1 Å². The molecule has 0 radical (unpaired) electrons. The van der Waals surface area contributed by atoms with E-state index >= 15 is 0 Å². The maximum absolute atomic E-state index is 12.8. The molecule has 3 rings (SSSR count). The summed E-state index contributed by atoms with van der Waals surface area (Å²) in [4.78, 5) is 38.6. The zero-order chi connectivity index (χ0) is 18.3. The van der Waals surface area contributed by atoms with Crippen molar-refractivity contribution in [1.82, 2.24) is 0 Å². The number of hydrogen-bond acceptors (Lipinski definition) is 3. The van der Waals surface area contributed by atoms with Crippen LogP contribution in [0.4, 0.5) is 11.4 Å². The highest BCUT2D eigenvalue weighted by molar-refractivity contribution is 6.35. The Kier molecular flexibility index (Phi) is 4.17. The van der Waals surface area contributed by atoms with Gasteiger partial charge in [0, 0.05) is 11.6 Å². The van der Waals surface area contributed by atoms with Gasteiger partial charge in [0.2, 0.25) is 5.91 Å². The minimum atomic E-state index is -0.366. The molecule has 0 atom stereocenters. The summed E-state index contributed by atoms with van der Waals surface area (Å²) in [6.07, 6.45) is 0. The van der Waals surface area contributed by atoms with E-state index in [1.165, 1.54) is 4.90 Å². The summed E-state index contributed by atoms with van der Waals surface area (Å²) < 4.78 is 0. The van der Waals surface area contributed by atoms with Crippen molar-refractivity contribution in [2.45, 2.75) is 27.7 Å². The van der Waals surface area contributed by atoms with Crippen LogP contribution in [0.25, 0.3) is 0 Å². The van der Waals surface area contributed by atoms with Crippen molar-refractivity contribution in [2.24, 2.45) is 5.92 Å². The number of hydrogen-bond donors (Lipinski definition) is 1. The fourth-order valence-electron chi connectivity index (χ4n) is 2.80. The molecule has 0 saturated heterocycles. The number of nitrogens with one attached hydrogen (secondary N) is 1. The number of carbonyl (C=O) groups is 3. The van der Waals surface area contributed by atoms with E-state index < -0.39 is 0 Å². The van der Waals surface area contributed by atoms with E-state index in [0.29, 0.717) is 22.5 Å². The van der Waals surface area contributed by atoms with E-state index in [1.54, 1.807) is 38.1 Å². The van der Waals surface area contributed by atoms with Crippen LogP contribution in [0.5, 0.6) is 0 Å². The second-order valence-corrected chi connectivity index (χ2v) is 6.57. The largest absolute Gasteiger partial charge is 0.326 e. The first-order valence-electron chi connectivity index (χ1n) is 8.21. The first kappa shape index (κ1) is 16.9. The molecule has 1 aliphatic heterocycles. The predicted molar refractivity (Wildman–Crippen MR) is 97.0 cm³/mol. The SMILES string of the molecule is Cc1cccc(N2C(=O)c3ccc(NC(=O)C(C)C)cc3C2=O)c1C. The molecule has 25 heavy (non-hydrogen) atoms. The van der Waals surface area contributed by atoms with Crippen molar-refractivity contribution in [3.63, 3.8) is 0 Å². The van der Waals surface area contributed by atoms with Crippen molar-refractivity contribution in [1.29, 1.82) is 0 Å². The Morgan fingerprint density at radius 1 is 1.00 bits per heavy atom. The Bertz CT molecular complexity index is 900. The van der Waals surface area contributed by atoms with Crippen molar-refractivity contribution in [3.05, 3.63) is 58.7 Å². The number of amides is 3. The van der Waals surface area contributed by atoms with E-state index in [-0.39, 0.29) is 23.6 Å². The molecule has 1 heterocycles. The number of rotatable bonds is 3. The van der Waals surface area contributed by atoms with Crippen LogP contribution in [0, 0.1) is 19.8 Å². The number of fused-ring (bicyclic) bond motifs is 1. The molecule has 0 spiro atoms. The number of nitrogens with zero attached hydrogens (tertiary/aromatic N) is 1. The molecule has 1 N–H and O–H groups in total. The average Bonchev–Trinajstić information content (AvgIpc) is 2.81. The highest BCUT2D eigenvalue weighted by Gasteiger charge is 2.37. The molecule has 0 aliphatic carbocycles. The molecule has 2 aromatic carbocycles. The van der Waals surface area contributed by atoms with Gasteiger partial charge in [-0.2, -0.15) is 0 Å². The minimum Gasteiger partial charge on any atom is -0.326 e. The van der Waals surface area contributed by atoms with Crippen LogP contribution in [0.15, 0.2) is 36.4 Å². The number of aryl methyl sites for hydroxylation is 1. The fourth-order valence-corrected chi connectivity index (χ4v) is 2.80. The van der Waals surface area contributed by atoms with Gasteiger partial charge in [-0.25, -0.2) is 4.90 Å². The lowest BCUT2D eigenvalue weighted by atomic mass is 10.1. The molecule has 2 aromatic rings. The van der Waals surface area contributed by atoms with Crippen molar-refractivity contribution >= 4 is 29.1 Å². The lowest BCUT2D eigenvalue weighted by Gasteiger charge is -2.17. The van der Waals surface area contributed by atoms with Crippen LogP contribution >= 0.6 is 0 Å². The summed E-state index contributed by atoms with van der Waals surface area (Å²) in [5.41, 5.74) is 3.69. The summed E-state index contributed by atoms with van der Waals surface area (Å²) >= 11 is 0. The molecule has 5 heteroatoms. The zero-order valence-corrected chi connectivity index (χ0v) is 14.7. The summed E-state index contributed by atoms with van der Waals surface area (Å²) in [5.74, 6) is -1.01. The van der Waals surface area contributed by atoms with Gasteiger partial charge in [-0.05, 0) is 49.2 Å². The highest BCUT2D eigenvalue weighted by Crippen LogP contribution is 2.32. The fraction of sp³-hybridized carbons (Fsp3) is 0.250. The number of carbonyl (C=O) groups excluding carboxylic acids is 3. The summed E-state index contributed by atoms with van der Waals surface area (Å²) in [5, 5.41) is 2.76. The molecule has 0 fully saturated rings. The Balaban J connectivity index is 1.99. The van der Waals surface area contributed by atoms with Gasteiger partial charge in [-0.3, -0.25) is 14.4 Å². The van der Waals surface area contributed by atoms with Gasteiger partial charge in [0.15, 0.2) is 0 Å². The Morgan fingerprint density at radius 3 is 2.36 bits per heavy atom. The second-order valence-electron chi connectivity index (χ2n) is 6.57. The Labute approximate surface area is 146 Å². The summed E-state index contributed by atoms with van der Waals surface area (Å²) in [7, 11) is 0. The smallest absolute Gasteiger partial charge is 0.266 e. The molecule has 0 aromatic heterocycles. The van der Waals surface area contributed by atoms with Crippen LogP contribution in [0.1, 0.15) is 45.7 Å². The molecule has 0 bridgehead atoms.